The summed E-state index contributed by atoms with van der Waals surface area (Å²) in [6, 6.07) is 8.08. The fourth-order valence-corrected chi connectivity index (χ4v) is 3.93. The first kappa shape index (κ1) is 14.5. The van der Waals surface area contributed by atoms with Gasteiger partial charge < -0.3 is 5.73 Å². The van der Waals surface area contributed by atoms with Crippen molar-refractivity contribution in [2.45, 2.75) is 5.03 Å². The average Bonchev–Trinajstić information content (AvgIpc) is 2.90. The van der Waals surface area contributed by atoms with Crippen LogP contribution in [0.15, 0.2) is 45.5 Å². The number of primary amides is 1. The van der Waals surface area contributed by atoms with Crippen LogP contribution in [0.3, 0.4) is 0 Å². The molecular formula is C14H10BrN3OS2. The van der Waals surface area contributed by atoms with E-state index in [-0.39, 0.29) is 11.7 Å². The lowest BCUT2D eigenvalue weighted by molar-refractivity contribution is -0.115. The van der Waals surface area contributed by atoms with E-state index in [9.17, 15) is 4.79 Å². The Hall–Kier alpha value is -1.44. The van der Waals surface area contributed by atoms with Gasteiger partial charge >= 0.3 is 0 Å². The lowest BCUT2D eigenvalue weighted by atomic mass is 10.1. The van der Waals surface area contributed by atoms with Crippen molar-refractivity contribution < 1.29 is 4.79 Å². The fourth-order valence-electron chi connectivity index (χ4n) is 1.94. The van der Waals surface area contributed by atoms with E-state index in [1.54, 1.807) is 11.3 Å². The maximum Gasteiger partial charge on any atom is 0.227 e. The number of nitrogens with zero attached hydrogens (tertiary/aromatic N) is 2. The fraction of sp³-hybridized carbons (Fsp3) is 0.0714. The summed E-state index contributed by atoms with van der Waals surface area (Å²) in [5.41, 5.74) is 7.40. The van der Waals surface area contributed by atoms with Gasteiger partial charge in [-0.2, -0.15) is 0 Å². The first-order valence-corrected chi connectivity index (χ1v) is 8.70. The van der Waals surface area contributed by atoms with Gasteiger partial charge in [0.25, 0.3) is 0 Å². The Labute approximate surface area is 137 Å². The minimum atomic E-state index is -0.354. The van der Waals surface area contributed by atoms with Crippen LogP contribution in [0, 0.1) is 0 Å². The second kappa shape index (κ2) is 6.13. The third-order valence-corrected chi connectivity index (χ3v) is 5.27. The summed E-state index contributed by atoms with van der Waals surface area (Å²) in [6.07, 6.45) is 1.52. The van der Waals surface area contributed by atoms with Gasteiger partial charge in [0, 0.05) is 15.4 Å². The molecule has 0 spiro atoms. The Morgan fingerprint density at radius 1 is 1.29 bits per heavy atom. The number of thioether (sulfide) groups is 1. The molecule has 0 unspecified atom stereocenters. The summed E-state index contributed by atoms with van der Waals surface area (Å²) < 4.78 is 1.03. The molecule has 0 aliphatic heterocycles. The summed E-state index contributed by atoms with van der Waals surface area (Å²) in [5, 5.41) is 3.84. The quantitative estimate of drug-likeness (QED) is 0.554. The summed E-state index contributed by atoms with van der Waals surface area (Å²) in [7, 11) is 0. The van der Waals surface area contributed by atoms with Gasteiger partial charge in [-0.15, -0.1) is 11.3 Å². The van der Waals surface area contributed by atoms with Crippen LogP contribution in [0.2, 0.25) is 0 Å². The van der Waals surface area contributed by atoms with Crippen molar-refractivity contribution in [3.63, 3.8) is 0 Å². The van der Waals surface area contributed by atoms with E-state index in [4.69, 9.17) is 5.73 Å². The summed E-state index contributed by atoms with van der Waals surface area (Å²) >= 11 is 6.35. The number of nitrogens with two attached hydrogens (primary N) is 1. The molecule has 21 heavy (non-hydrogen) atoms. The van der Waals surface area contributed by atoms with Crippen molar-refractivity contribution in [1.29, 1.82) is 0 Å². The van der Waals surface area contributed by atoms with Crippen molar-refractivity contribution in [1.82, 2.24) is 9.97 Å². The topological polar surface area (TPSA) is 68.9 Å². The standard InChI is InChI=1S/C14H10BrN3OS2/c15-9-3-1-8(2-4-9)10-5-20-13-12(10)14(18-7-17-13)21-6-11(16)19/h1-5,7H,6H2,(H2,16,19). The first-order valence-electron chi connectivity index (χ1n) is 6.04. The molecular weight excluding hydrogens is 370 g/mol. The number of carbonyl (C=O) groups excluding carboxylic acids is 1. The molecule has 2 aromatic heterocycles. The number of fused-ring (bicyclic) bond motifs is 1. The highest BCUT2D eigenvalue weighted by Crippen LogP contribution is 2.37. The zero-order valence-corrected chi connectivity index (χ0v) is 14.0. The predicted molar refractivity (Wildman–Crippen MR) is 90.5 cm³/mol. The summed E-state index contributed by atoms with van der Waals surface area (Å²) in [6.45, 7) is 0. The van der Waals surface area contributed by atoms with Crippen molar-refractivity contribution in [2.24, 2.45) is 5.73 Å². The molecule has 0 saturated carbocycles. The minimum absolute atomic E-state index is 0.210. The number of hydrogen-bond acceptors (Lipinski definition) is 5. The molecule has 0 radical (unpaired) electrons. The van der Waals surface area contributed by atoms with Gasteiger partial charge in [0.05, 0.1) is 11.1 Å². The summed E-state index contributed by atoms with van der Waals surface area (Å²) in [5.74, 6) is -0.144. The third kappa shape index (κ3) is 3.09. The van der Waals surface area contributed by atoms with Crippen LogP contribution in [-0.4, -0.2) is 21.6 Å². The van der Waals surface area contributed by atoms with Crippen LogP contribution < -0.4 is 5.73 Å². The van der Waals surface area contributed by atoms with E-state index < -0.39 is 0 Å². The zero-order chi connectivity index (χ0) is 14.8. The van der Waals surface area contributed by atoms with E-state index >= 15 is 0 Å². The Balaban J connectivity index is 2.10. The van der Waals surface area contributed by atoms with Crippen molar-refractivity contribution >= 4 is 55.2 Å². The molecule has 0 fully saturated rings. The van der Waals surface area contributed by atoms with Crippen LogP contribution in [0.5, 0.6) is 0 Å². The van der Waals surface area contributed by atoms with Crippen molar-refractivity contribution in [3.8, 4) is 11.1 Å². The highest BCUT2D eigenvalue weighted by Gasteiger charge is 2.14. The SMILES string of the molecule is NC(=O)CSc1ncnc2scc(-c3ccc(Br)cc3)c12. The van der Waals surface area contributed by atoms with Crippen LogP contribution >= 0.6 is 39.0 Å². The molecule has 0 atom stereocenters. The Bertz CT molecular complexity index is 802. The van der Waals surface area contributed by atoms with Crippen molar-refractivity contribution in [3.05, 3.63) is 40.4 Å². The number of thiophene rings is 1. The number of halogens is 1. The molecule has 4 nitrogen and oxygen atoms in total. The number of benzene rings is 1. The predicted octanol–water partition coefficient (Wildman–Crippen LogP) is 3.70. The molecule has 3 aromatic rings. The lowest BCUT2D eigenvalue weighted by Crippen LogP contribution is -2.13. The van der Waals surface area contributed by atoms with Gasteiger partial charge in [0.1, 0.15) is 16.2 Å². The third-order valence-electron chi connectivity index (χ3n) is 2.84. The van der Waals surface area contributed by atoms with Gasteiger partial charge in [-0.25, -0.2) is 9.97 Å². The molecule has 3 rings (SSSR count). The Kier molecular flexibility index (Phi) is 4.23. The number of amides is 1. The number of hydrogen-bond donors (Lipinski definition) is 1. The van der Waals surface area contributed by atoms with E-state index in [2.05, 4.69) is 31.3 Å². The summed E-state index contributed by atoms with van der Waals surface area (Å²) in [4.78, 5) is 20.5. The molecule has 2 heterocycles. The maximum absolute atomic E-state index is 11.0. The highest BCUT2D eigenvalue weighted by atomic mass is 79.9. The lowest BCUT2D eigenvalue weighted by Gasteiger charge is -2.04. The number of aromatic nitrogens is 2. The molecule has 0 bridgehead atoms. The Morgan fingerprint density at radius 2 is 2.05 bits per heavy atom. The Morgan fingerprint density at radius 3 is 2.76 bits per heavy atom. The molecule has 7 heteroatoms. The molecule has 106 valence electrons. The van der Waals surface area contributed by atoms with E-state index in [0.717, 1.165) is 30.8 Å². The van der Waals surface area contributed by atoms with E-state index in [0.29, 0.717) is 0 Å². The van der Waals surface area contributed by atoms with Gasteiger partial charge in [0.15, 0.2) is 0 Å². The number of carbonyl (C=O) groups is 1. The second-order valence-corrected chi connectivity index (χ2v) is 7.01. The van der Waals surface area contributed by atoms with E-state index in [1.807, 2.05) is 24.3 Å². The molecule has 0 aliphatic carbocycles. The highest BCUT2D eigenvalue weighted by molar-refractivity contribution is 9.10. The normalized spacial score (nSPS) is 10.9. The molecule has 0 aliphatic rings. The van der Waals surface area contributed by atoms with Gasteiger partial charge in [-0.1, -0.05) is 39.8 Å². The molecule has 1 aromatic carbocycles. The zero-order valence-electron chi connectivity index (χ0n) is 10.7. The number of rotatable bonds is 4. The van der Waals surface area contributed by atoms with Crippen molar-refractivity contribution in [2.75, 3.05) is 5.75 Å². The molecule has 1 amide bonds. The van der Waals surface area contributed by atoms with Gasteiger partial charge in [0.2, 0.25) is 5.91 Å². The second-order valence-electron chi connectivity index (χ2n) is 4.27. The largest absolute Gasteiger partial charge is 0.369 e. The van der Waals surface area contributed by atoms with Crippen LogP contribution in [0.25, 0.3) is 21.3 Å². The average molecular weight is 380 g/mol. The monoisotopic (exact) mass is 379 g/mol. The van der Waals surface area contributed by atoms with E-state index in [1.165, 1.54) is 18.1 Å². The smallest absolute Gasteiger partial charge is 0.227 e. The van der Waals surface area contributed by atoms with Crippen LogP contribution in [0.4, 0.5) is 0 Å². The van der Waals surface area contributed by atoms with Crippen LogP contribution in [0.1, 0.15) is 0 Å². The molecule has 2 N–H and O–H groups in total. The first-order chi connectivity index (χ1) is 10.1. The van der Waals surface area contributed by atoms with Gasteiger partial charge in [-0.05, 0) is 17.7 Å². The minimum Gasteiger partial charge on any atom is -0.369 e. The maximum atomic E-state index is 11.0. The van der Waals surface area contributed by atoms with Gasteiger partial charge in [-0.3, -0.25) is 4.79 Å². The van der Waals surface area contributed by atoms with Crippen LogP contribution in [-0.2, 0) is 4.79 Å². The molecule has 0 saturated heterocycles.